The highest BCUT2D eigenvalue weighted by atomic mass is 35.5. The molecule has 154 valence electrons. The van der Waals surface area contributed by atoms with E-state index in [2.05, 4.69) is 10.3 Å². The Bertz CT molecular complexity index is 1210. The first kappa shape index (κ1) is 21.2. The number of halogens is 2. The fourth-order valence-corrected chi connectivity index (χ4v) is 3.78. The van der Waals surface area contributed by atoms with Crippen LogP contribution in [-0.2, 0) is 4.79 Å². The highest BCUT2D eigenvalue weighted by molar-refractivity contribution is 8.18. The predicted molar refractivity (Wildman–Crippen MR) is 125 cm³/mol. The van der Waals surface area contributed by atoms with Crippen molar-refractivity contribution in [2.24, 2.45) is 4.99 Å². The molecule has 0 bridgehead atoms. The maximum absolute atomic E-state index is 12.3. The van der Waals surface area contributed by atoms with E-state index >= 15 is 0 Å². The topological polar surface area (TPSA) is 67.8 Å². The minimum atomic E-state index is -0.494. The molecule has 3 aromatic carbocycles. The van der Waals surface area contributed by atoms with E-state index in [4.69, 9.17) is 27.9 Å². The molecule has 0 radical (unpaired) electrons. The van der Waals surface area contributed by atoms with Crippen LogP contribution in [0.3, 0.4) is 0 Å². The molecule has 0 atom stereocenters. The van der Waals surface area contributed by atoms with E-state index in [-0.39, 0.29) is 5.91 Å². The van der Waals surface area contributed by atoms with Crippen LogP contribution in [0.2, 0.25) is 10.0 Å². The lowest BCUT2D eigenvalue weighted by Crippen LogP contribution is -2.19. The molecular formula is C23H14Cl2N2O3S. The number of carbonyl (C=O) groups excluding carboxylic acids is 2. The first-order valence-electron chi connectivity index (χ1n) is 9.09. The summed E-state index contributed by atoms with van der Waals surface area (Å²) in [5.74, 6) is -0.374. The molecule has 1 saturated heterocycles. The Hall–Kier alpha value is -3.06. The van der Waals surface area contributed by atoms with Crippen LogP contribution >= 0.6 is 35.0 Å². The molecule has 4 rings (SSSR count). The highest BCUT2D eigenvalue weighted by Gasteiger charge is 2.23. The molecule has 1 fully saturated rings. The molecule has 3 aromatic rings. The van der Waals surface area contributed by atoms with Gasteiger partial charge in [0.15, 0.2) is 5.17 Å². The lowest BCUT2D eigenvalue weighted by atomic mass is 10.2. The van der Waals surface area contributed by atoms with Crippen molar-refractivity contribution in [3.8, 4) is 5.75 Å². The number of hydrogen-bond donors (Lipinski definition) is 1. The molecule has 0 aliphatic carbocycles. The normalized spacial score (nSPS) is 15.9. The second-order valence-electron chi connectivity index (χ2n) is 6.43. The minimum absolute atomic E-state index is 0.249. The fourth-order valence-electron chi connectivity index (χ4n) is 2.68. The van der Waals surface area contributed by atoms with Gasteiger partial charge in [-0.1, -0.05) is 35.3 Å². The van der Waals surface area contributed by atoms with Gasteiger partial charge in [-0.2, -0.15) is 0 Å². The Labute approximate surface area is 192 Å². The number of rotatable bonds is 4. The highest BCUT2D eigenvalue weighted by Crippen LogP contribution is 2.29. The number of amides is 1. The summed E-state index contributed by atoms with van der Waals surface area (Å²) in [6.07, 6.45) is 1.71. The summed E-state index contributed by atoms with van der Waals surface area (Å²) in [6, 6.07) is 20.3. The van der Waals surface area contributed by atoms with Crippen molar-refractivity contribution in [2.75, 3.05) is 0 Å². The first-order valence-corrected chi connectivity index (χ1v) is 10.7. The lowest BCUT2D eigenvalue weighted by molar-refractivity contribution is -0.115. The maximum atomic E-state index is 12.3. The number of ether oxygens (including phenoxy) is 1. The third kappa shape index (κ3) is 5.55. The molecule has 1 N–H and O–H groups in total. The van der Waals surface area contributed by atoms with Gasteiger partial charge in [-0.05, 0) is 84.1 Å². The lowest BCUT2D eigenvalue weighted by Gasteiger charge is -2.05. The van der Waals surface area contributed by atoms with Gasteiger partial charge in [-0.3, -0.25) is 4.79 Å². The third-order valence-electron chi connectivity index (χ3n) is 4.15. The van der Waals surface area contributed by atoms with E-state index in [0.29, 0.717) is 42.7 Å². The second kappa shape index (κ2) is 9.39. The van der Waals surface area contributed by atoms with Crippen molar-refractivity contribution in [1.29, 1.82) is 0 Å². The van der Waals surface area contributed by atoms with Crippen molar-refractivity contribution in [3.63, 3.8) is 0 Å². The standard InChI is InChI=1S/C23H14Cl2N2O3S/c24-16-6-4-15(5-7-16)22(29)30-19-3-1-2-14(12-19)13-20-21(28)27-23(31-20)26-18-10-8-17(25)9-11-18/h1-13H,(H,26,27,28)/b20-13-. The van der Waals surface area contributed by atoms with Gasteiger partial charge in [0.2, 0.25) is 0 Å². The van der Waals surface area contributed by atoms with Crippen LogP contribution in [0.5, 0.6) is 5.75 Å². The quantitative estimate of drug-likeness (QED) is 0.285. The Morgan fingerprint density at radius 3 is 2.35 bits per heavy atom. The summed E-state index contributed by atoms with van der Waals surface area (Å²) in [4.78, 5) is 29.5. The van der Waals surface area contributed by atoms with Crippen molar-refractivity contribution >= 4 is 63.8 Å². The average molecular weight is 469 g/mol. The van der Waals surface area contributed by atoms with E-state index in [0.717, 1.165) is 0 Å². The number of benzene rings is 3. The number of nitrogens with zero attached hydrogens (tertiary/aromatic N) is 1. The zero-order valence-electron chi connectivity index (χ0n) is 15.8. The van der Waals surface area contributed by atoms with Gasteiger partial charge in [0.25, 0.3) is 5.91 Å². The Morgan fingerprint density at radius 2 is 1.65 bits per heavy atom. The van der Waals surface area contributed by atoms with Crippen molar-refractivity contribution < 1.29 is 14.3 Å². The van der Waals surface area contributed by atoms with Crippen LogP contribution < -0.4 is 10.1 Å². The fraction of sp³-hybridized carbons (Fsp3) is 0. The molecule has 1 aliphatic rings. The summed E-state index contributed by atoms with van der Waals surface area (Å²) < 4.78 is 5.43. The summed E-state index contributed by atoms with van der Waals surface area (Å²) >= 11 is 13.0. The summed E-state index contributed by atoms with van der Waals surface area (Å²) in [5, 5.41) is 4.37. The van der Waals surface area contributed by atoms with Gasteiger partial charge in [-0.15, -0.1) is 0 Å². The SMILES string of the molecule is O=C1NC(=Nc2ccc(Cl)cc2)S/C1=C\c1cccc(OC(=O)c2ccc(Cl)cc2)c1. The molecule has 1 heterocycles. The number of amidine groups is 1. The Morgan fingerprint density at radius 1 is 0.968 bits per heavy atom. The smallest absolute Gasteiger partial charge is 0.343 e. The monoisotopic (exact) mass is 468 g/mol. The first-order chi connectivity index (χ1) is 15.0. The third-order valence-corrected chi connectivity index (χ3v) is 5.57. The van der Waals surface area contributed by atoms with Crippen LogP contribution in [0.1, 0.15) is 15.9 Å². The van der Waals surface area contributed by atoms with Gasteiger partial charge >= 0.3 is 5.97 Å². The van der Waals surface area contributed by atoms with Gasteiger partial charge in [0.1, 0.15) is 5.75 Å². The van der Waals surface area contributed by atoms with Gasteiger partial charge < -0.3 is 10.1 Å². The average Bonchev–Trinajstić information content (AvgIpc) is 3.09. The minimum Gasteiger partial charge on any atom is -0.423 e. The molecule has 0 unspecified atom stereocenters. The van der Waals surface area contributed by atoms with Crippen LogP contribution in [0, 0.1) is 0 Å². The molecule has 0 spiro atoms. The zero-order chi connectivity index (χ0) is 21.8. The van der Waals surface area contributed by atoms with Gasteiger partial charge in [-0.25, -0.2) is 9.79 Å². The van der Waals surface area contributed by atoms with E-state index < -0.39 is 5.97 Å². The summed E-state index contributed by atoms with van der Waals surface area (Å²) in [5.41, 5.74) is 1.79. The number of aliphatic imine (C=N–C) groups is 1. The molecule has 31 heavy (non-hydrogen) atoms. The number of esters is 1. The van der Waals surface area contributed by atoms with E-state index in [1.54, 1.807) is 72.8 Å². The van der Waals surface area contributed by atoms with E-state index in [9.17, 15) is 9.59 Å². The van der Waals surface area contributed by atoms with E-state index in [1.807, 2.05) is 6.07 Å². The van der Waals surface area contributed by atoms with Crippen LogP contribution in [0.25, 0.3) is 6.08 Å². The van der Waals surface area contributed by atoms with Crippen LogP contribution in [0.4, 0.5) is 5.69 Å². The van der Waals surface area contributed by atoms with Crippen LogP contribution in [-0.4, -0.2) is 17.0 Å². The second-order valence-corrected chi connectivity index (χ2v) is 8.33. The number of thioether (sulfide) groups is 1. The van der Waals surface area contributed by atoms with Crippen molar-refractivity contribution in [1.82, 2.24) is 5.32 Å². The summed E-state index contributed by atoms with van der Waals surface area (Å²) in [7, 11) is 0. The number of nitrogens with one attached hydrogen (secondary N) is 1. The van der Waals surface area contributed by atoms with Crippen molar-refractivity contribution in [2.45, 2.75) is 0 Å². The molecule has 5 nitrogen and oxygen atoms in total. The molecule has 0 aromatic heterocycles. The number of carbonyl (C=O) groups is 2. The van der Waals surface area contributed by atoms with Gasteiger partial charge in [0.05, 0.1) is 16.2 Å². The largest absolute Gasteiger partial charge is 0.423 e. The molecule has 1 amide bonds. The predicted octanol–water partition coefficient (Wildman–Crippen LogP) is 6.10. The molecular weight excluding hydrogens is 455 g/mol. The Kier molecular flexibility index (Phi) is 6.42. The van der Waals surface area contributed by atoms with Crippen LogP contribution in [0.15, 0.2) is 82.7 Å². The summed E-state index contributed by atoms with van der Waals surface area (Å²) in [6.45, 7) is 0. The Balaban J connectivity index is 1.48. The molecule has 1 aliphatic heterocycles. The molecule has 0 saturated carbocycles. The van der Waals surface area contributed by atoms with E-state index in [1.165, 1.54) is 11.8 Å². The zero-order valence-corrected chi connectivity index (χ0v) is 18.2. The molecule has 8 heteroatoms. The van der Waals surface area contributed by atoms with Crippen molar-refractivity contribution in [3.05, 3.63) is 98.9 Å². The van der Waals surface area contributed by atoms with Gasteiger partial charge in [0, 0.05) is 10.0 Å². The maximum Gasteiger partial charge on any atom is 0.343 e. The number of hydrogen-bond acceptors (Lipinski definition) is 5.